The molecule has 0 spiro atoms. The molecule has 9 nitrogen and oxygen atoms in total. The van der Waals surface area contributed by atoms with Crippen molar-refractivity contribution in [3.8, 4) is 23.3 Å². The number of hydrogen-bond acceptors (Lipinski definition) is 7. The zero-order valence-electron chi connectivity index (χ0n) is 17.2. The Balaban J connectivity index is 1.61. The number of hydrogen-bond donors (Lipinski definition) is 1. The summed E-state index contributed by atoms with van der Waals surface area (Å²) in [5.74, 6) is 0.642. The van der Waals surface area contributed by atoms with E-state index in [0.717, 1.165) is 5.56 Å². The molecule has 2 heterocycles. The smallest absolute Gasteiger partial charge is 0.268 e. The number of anilines is 1. The number of aromatic nitrogens is 2. The number of ether oxygens (including phenoxy) is 2. The van der Waals surface area contributed by atoms with Crippen molar-refractivity contribution in [2.75, 3.05) is 18.6 Å². The molecule has 0 radical (unpaired) electrons. The van der Waals surface area contributed by atoms with Gasteiger partial charge in [-0.1, -0.05) is 18.2 Å². The maximum absolute atomic E-state index is 12.7. The second kappa shape index (κ2) is 8.73. The van der Waals surface area contributed by atoms with Crippen LogP contribution < -0.4 is 20.1 Å². The van der Waals surface area contributed by atoms with E-state index in [1.807, 2.05) is 6.07 Å². The predicted molar refractivity (Wildman–Crippen MR) is 114 cm³/mol. The van der Waals surface area contributed by atoms with Gasteiger partial charge in [0.1, 0.15) is 17.5 Å². The Morgan fingerprint density at radius 1 is 1.19 bits per heavy atom. The van der Waals surface area contributed by atoms with Gasteiger partial charge in [0.2, 0.25) is 5.91 Å². The summed E-state index contributed by atoms with van der Waals surface area (Å²) in [4.78, 5) is 33.7. The molecule has 160 valence electrons. The number of para-hydroxylation sites is 1. The third-order valence-electron chi connectivity index (χ3n) is 5.16. The molecule has 3 aromatic rings. The molecule has 2 aromatic carbocycles. The van der Waals surface area contributed by atoms with Crippen molar-refractivity contribution in [1.29, 1.82) is 5.26 Å². The Kier molecular flexibility index (Phi) is 5.68. The summed E-state index contributed by atoms with van der Waals surface area (Å²) < 4.78 is 11.4. The minimum Gasteiger partial charge on any atom is -0.493 e. The molecule has 1 aliphatic heterocycles. The summed E-state index contributed by atoms with van der Waals surface area (Å²) in [6, 6.07) is 14.5. The molecule has 4 rings (SSSR count). The first-order valence-corrected chi connectivity index (χ1v) is 9.77. The number of amides is 2. The molecular formula is C23H19N5O4. The lowest BCUT2D eigenvalue weighted by Gasteiger charge is -2.17. The number of nitrogens with zero attached hydrogens (tertiary/aromatic N) is 4. The van der Waals surface area contributed by atoms with E-state index >= 15 is 0 Å². The van der Waals surface area contributed by atoms with Gasteiger partial charge in [0.25, 0.3) is 5.91 Å². The van der Waals surface area contributed by atoms with Gasteiger partial charge >= 0.3 is 0 Å². The molecule has 2 amide bonds. The molecule has 32 heavy (non-hydrogen) atoms. The molecule has 1 aliphatic rings. The molecule has 1 atom stereocenters. The van der Waals surface area contributed by atoms with E-state index in [9.17, 15) is 14.9 Å². The Bertz CT molecular complexity index is 1240. The fourth-order valence-corrected chi connectivity index (χ4v) is 3.55. The van der Waals surface area contributed by atoms with Crippen LogP contribution in [0, 0.1) is 11.3 Å². The van der Waals surface area contributed by atoms with Crippen LogP contribution in [0.2, 0.25) is 0 Å². The van der Waals surface area contributed by atoms with Gasteiger partial charge in [-0.3, -0.25) is 19.5 Å². The Labute approximate surface area is 184 Å². The number of nitrogens with two attached hydrogens (primary N) is 1. The molecule has 1 unspecified atom stereocenters. The van der Waals surface area contributed by atoms with Crippen LogP contribution >= 0.6 is 0 Å². The van der Waals surface area contributed by atoms with Crippen LogP contribution in [0.25, 0.3) is 0 Å². The van der Waals surface area contributed by atoms with E-state index < -0.39 is 5.91 Å². The van der Waals surface area contributed by atoms with Gasteiger partial charge in [0, 0.05) is 18.9 Å². The molecule has 1 saturated heterocycles. The standard InChI is InChI=1S/C23H19N5O4/c1-31-19-7-6-14(8-20(19)32-18-5-3-2-4-15(18)10-24)16-9-22(29)28(13-16)21-12-26-11-17(27-21)23(25)30/h2-8,11-12,16H,9,13H2,1H3,(H2,25,30). The Hall–Kier alpha value is -4.45. The first-order valence-electron chi connectivity index (χ1n) is 9.77. The first kappa shape index (κ1) is 20.8. The number of methoxy groups -OCH3 is 1. The molecule has 1 fully saturated rings. The number of carbonyl (C=O) groups is 2. The number of nitriles is 1. The number of carbonyl (C=O) groups excluding carboxylic acids is 2. The van der Waals surface area contributed by atoms with Crippen LogP contribution in [0.5, 0.6) is 17.2 Å². The summed E-state index contributed by atoms with van der Waals surface area (Å²) in [6.45, 7) is 0.357. The molecular weight excluding hydrogens is 410 g/mol. The summed E-state index contributed by atoms with van der Waals surface area (Å²) in [5.41, 5.74) is 6.53. The van der Waals surface area contributed by atoms with Crippen LogP contribution in [-0.2, 0) is 4.79 Å². The third kappa shape index (κ3) is 4.06. The zero-order chi connectivity index (χ0) is 22.7. The summed E-state index contributed by atoms with van der Waals surface area (Å²) in [6.07, 6.45) is 2.94. The molecule has 9 heteroatoms. The van der Waals surface area contributed by atoms with Crippen LogP contribution in [0.15, 0.2) is 54.9 Å². The molecule has 0 aliphatic carbocycles. The minimum absolute atomic E-state index is 0.00459. The van der Waals surface area contributed by atoms with Gasteiger partial charge in [-0.2, -0.15) is 5.26 Å². The van der Waals surface area contributed by atoms with Gasteiger partial charge < -0.3 is 15.2 Å². The van der Waals surface area contributed by atoms with E-state index in [4.69, 9.17) is 15.2 Å². The van der Waals surface area contributed by atoms with Crippen molar-refractivity contribution >= 4 is 17.6 Å². The lowest BCUT2D eigenvalue weighted by atomic mass is 9.98. The second-order valence-corrected chi connectivity index (χ2v) is 7.15. The predicted octanol–water partition coefficient (Wildman–Crippen LogP) is 2.77. The zero-order valence-corrected chi connectivity index (χ0v) is 17.2. The van der Waals surface area contributed by atoms with Gasteiger partial charge in [0.15, 0.2) is 17.3 Å². The summed E-state index contributed by atoms with van der Waals surface area (Å²) in [7, 11) is 1.53. The van der Waals surface area contributed by atoms with E-state index in [0.29, 0.717) is 29.4 Å². The van der Waals surface area contributed by atoms with Crippen molar-refractivity contribution in [3.05, 3.63) is 71.7 Å². The topological polar surface area (TPSA) is 131 Å². The summed E-state index contributed by atoms with van der Waals surface area (Å²) in [5, 5.41) is 9.33. The highest BCUT2D eigenvalue weighted by atomic mass is 16.5. The van der Waals surface area contributed by atoms with E-state index in [1.54, 1.807) is 36.4 Å². The number of primary amides is 1. The normalized spacial score (nSPS) is 15.3. The first-order chi connectivity index (χ1) is 15.5. The average Bonchev–Trinajstić information content (AvgIpc) is 3.21. The lowest BCUT2D eigenvalue weighted by Crippen LogP contribution is -2.26. The van der Waals surface area contributed by atoms with Crippen LogP contribution in [0.4, 0.5) is 5.82 Å². The monoisotopic (exact) mass is 429 g/mol. The minimum atomic E-state index is -0.711. The van der Waals surface area contributed by atoms with Crippen LogP contribution in [0.1, 0.15) is 34.0 Å². The highest BCUT2D eigenvalue weighted by Gasteiger charge is 2.33. The molecule has 2 N–H and O–H groups in total. The van der Waals surface area contributed by atoms with Gasteiger partial charge in [-0.25, -0.2) is 4.98 Å². The molecule has 1 aromatic heterocycles. The van der Waals surface area contributed by atoms with Crippen molar-refractivity contribution in [3.63, 3.8) is 0 Å². The average molecular weight is 429 g/mol. The molecule has 0 bridgehead atoms. The highest BCUT2D eigenvalue weighted by molar-refractivity contribution is 5.96. The number of rotatable bonds is 6. The maximum Gasteiger partial charge on any atom is 0.268 e. The fourth-order valence-electron chi connectivity index (χ4n) is 3.55. The lowest BCUT2D eigenvalue weighted by molar-refractivity contribution is -0.117. The Morgan fingerprint density at radius 2 is 2.00 bits per heavy atom. The van der Waals surface area contributed by atoms with Crippen molar-refractivity contribution in [2.24, 2.45) is 5.73 Å². The van der Waals surface area contributed by atoms with Crippen molar-refractivity contribution in [1.82, 2.24) is 9.97 Å². The quantitative estimate of drug-likeness (QED) is 0.637. The largest absolute Gasteiger partial charge is 0.493 e. The third-order valence-corrected chi connectivity index (χ3v) is 5.16. The SMILES string of the molecule is COc1ccc(C2CC(=O)N(c3cncc(C(N)=O)n3)C2)cc1Oc1ccccc1C#N. The number of benzene rings is 2. The van der Waals surface area contributed by atoms with Gasteiger partial charge in [-0.15, -0.1) is 0 Å². The van der Waals surface area contributed by atoms with E-state index in [-0.39, 0.29) is 29.8 Å². The second-order valence-electron chi connectivity index (χ2n) is 7.15. The Morgan fingerprint density at radius 3 is 2.75 bits per heavy atom. The van der Waals surface area contributed by atoms with Gasteiger partial charge in [0.05, 0.1) is 25.1 Å². The fraction of sp³-hybridized carbons (Fsp3) is 0.174. The van der Waals surface area contributed by atoms with Crippen molar-refractivity contribution < 1.29 is 19.1 Å². The van der Waals surface area contributed by atoms with Gasteiger partial charge in [-0.05, 0) is 29.8 Å². The van der Waals surface area contributed by atoms with Crippen molar-refractivity contribution in [2.45, 2.75) is 12.3 Å². The molecule has 0 saturated carbocycles. The maximum atomic E-state index is 12.7. The van der Waals surface area contributed by atoms with Crippen LogP contribution in [0.3, 0.4) is 0 Å². The van der Waals surface area contributed by atoms with E-state index in [2.05, 4.69) is 16.0 Å². The van der Waals surface area contributed by atoms with E-state index in [1.165, 1.54) is 24.4 Å². The van der Waals surface area contributed by atoms with Crippen LogP contribution in [-0.4, -0.2) is 35.4 Å². The summed E-state index contributed by atoms with van der Waals surface area (Å²) >= 11 is 0. The highest BCUT2D eigenvalue weighted by Crippen LogP contribution is 2.38.